The Hall–Kier alpha value is -1.84. The zero-order valence-electron chi connectivity index (χ0n) is 11.2. The lowest BCUT2D eigenvalue weighted by molar-refractivity contribution is -0.152. The molecule has 0 fully saturated rings. The number of primary amides is 1. The summed E-state index contributed by atoms with van der Waals surface area (Å²) in [6.07, 6.45) is 0.167. The Balaban J connectivity index is 2.79. The second kappa shape index (κ2) is 7.81. The van der Waals surface area contributed by atoms with Crippen LogP contribution < -0.4 is 11.1 Å². The maximum absolute atomic E-state index is 12.0. The van der Waals surface area contributed by atoms with Gasteiger partial charge in [-0.1, -0.05) is 12.1 Å². The van der Waals surface area contributed by atoms with Crippen LogP contribution in [0.4, 0.5) is 0 Å². The molecule has 0 aliphatic rings. The molecule has 1 aromatic carbocycles. The molecule has 1 aromatic rings. The van der Waals surface area contributed by atoms with E-state index in [0.717, 1.165) is 0 Å². The van der Waals surface area contributed by atoms with Crippen molar-refractivity contribution in [2.75, 3.05) is 0 Å². The predicted molar refractivity (Wildman–Crippen MR) is 82.5 cm³/mol. The smallest absolute Gasteiger partial charge is 0.330 e. The number of nitrogens with one attached hydrogen (secondary N) is 1. The van der Waals surface area contributed by atoms with Crippen molar-refractivity contribution in [3.63, 3.8) is 0 Å². The van der Waals surface area contributed by atoms with E-state index in [1.807, 2.05) is 0 Å². The van der Waals surface area contributed by atoms with Crippen molar-refractivity contribution in [1.82, 2.24) is 5.32 Å². The lowest BCUT2D eigenvalue weighted by atomic mass is 10.1. The van der Waals surface area contributed by atoms with Crippen molar-refractivity contribution >= 4 is 40.4 Å². The summed E-state index contributed by atoms with van der Waals surface area (Å²) in [5.74, 6) is -1.84. The van der Waals surface area contributed by atoms with Gasteiger partial charge in [0.1, 0.15) is 11.8 Å². The van der Waals surface area contributed by atoms with Crippen LogP contribution in [0, 0.1) is 0 Å². The third-order valence-electron chi connectivity index (χ3n) is 2.48. The molecule has 0 heterocycles. The van der Waals surface area contributed by atoms with Crippen molar-refractivity contribution in [3.8, 4) is 5.75 Å². The van der Waals surface area contributed by atoms with Gasteiger partial charge in [-0.25, -0.2) is 4.79 Å². The maximum atomic E-state index is 12.0. The van der Waals surface area contributed by atoms with Gasteiger partial charge in [-0.2, -0.15) is 0 Å². The van der Waals surface area contributed by atoms with E-state index in [9.17, 15) is 19.5 Å². The van der Waals surface area contributed by atoms with Crippen LogP contribution in [-0.2, 0) is 25.5 Å². The number of phenolic OH excluding ortho intramolecular Hbond substituents is 1. The van der Waals surface area contributed by atoms with Gasteiger partial charge in [0.15, 0.2) is 0 Å². The Bertz CT molecular complexity index is 532. The second-order valence-electron chi connectivity index (χ2n) is 4.28. The highest BCUT2D eigenvalue weighted by Crippen LogP contribution is 2.13. The fourth-order valence-electron chi connectivity index (χ4n) is 1.55. The van der Waals surface area contributed by atoms with Crippen molar-refractivity contribution in [2.24, 2.45) is 5.73 Å². The zero-order valence-corrected chi connectivity index (χ0v) is 13.4. The van der Waals surface area contributed by atoms with Gasteiger partial charge in [0.05, 0.1) is 0 Å². The van der Waals surface area contributed by atoms with Crippen LogP contribution in [0.5, 0.6) is 5.75 Å². The van der Waals surface area contributed by atoms with Crippen LogP contribution in [0.15, 0.2) is 24.3 Å². The third kappa shape index (κ3) is 5.98. The van der Waals surface area contributed by atoms with E-state index in [1.54, 1.807) is 34.7 Å². The summed E-state index contributed by atoms with van der Waals surface area (Å²) in [6, 6.07) is 5.23. The number of amides is 2. The monoisotopic (exact) mass is 406 g/mol. The molecule has 4 N–H and O–H groups in total. The average molecular weight is 406 g/mol. The molecule has 0 bridgehead atoms. The summed E-state index contributed by atoms with van der Waals surface area (Å²) < 4.78 is 3.77. The van der Waals surface area contributed by atoms with E-state index >= 15 is 0 Å². The van der Waals surface area contributed by atoms with Crippen LogP contribution >= 0.6 is 22.6 Å². The molecule has 2 atom stereocenters. The number of hydrogen-bond acceptors (Lipinski definition) is 5. The Kier molecular flexibility index (Phi) is 6.40. The predicted octanol–water partition coefficient (Wildman–Crippen LogP) is 0.229. The zero-order chi connectivity index (χ0) is 16.0. The normalized spacial score (nSPS) is 13.0. The first-order chi connectivity index (χ1) is 9.79. The Morgan fingerprint density at radius 1 is 1.33 bits per heavy atom. The van der Waals surface area contributed by atoms with Crippen LogP contribution in [0.25, 0.3) is 0 Å². The average Bonchev–Trinajstić information content (AvgIpc) is 2.39. The van der Waals surface area contributed by atoms with E-state index in [2.05, 4.69) is 5.32 Å². The van der Waals surface area contributed by atoms with Gasteiger partial charge in [-0.3, -0.25) is 9.59 Å². The van der Waals surface area contributed by atoms with Crippen LogP contribution in [0.3, 0.4) is 0 Å². The minimum Gasteiger partial charge on any atom is -0.508 e. The number of aromatic hydroxyl groups is 1. The Morgan fingerprint density at radius 3 is 2.38 bits per heavy atom. The molecule has 0 saturated carbocycles. The summed E-state index contributed by atoms with van der Waals surface area (Å²) in [5.41, 5.74) is 5.73. The number of nitrogens with two attached hydrogens (primary N) is 1. The molecule has 0 saturated heterocycles. The fourth-order valence-corrected chi connectivity index (χ4v) is 1.80. The third-order valence-corrected chi connectivity index (χ3v) is 3.35. The van der Waals surface area contributed by atoms with Crippen LogP contribution in [-0.4, -0.2) is 33.0 Å². The van der Waals surface area contributed by atoms with Gasteiger partial charge in [-0.05, 0) is 40.3 Å². The molecule has 114 valence electrons. The lowest BCUT2D eigenvalue weighted by Crippen LogP contribution is -2.44. The van der Waals surface area contributed by atoms with E-state index in [-0.39, 0.29) is 12.2 Å². The highest BCUT2D eigenvalue weighted by Gasteiger charge is 2.25. The fraction of sp³-hybridized carbons (Fsp3) is 0.308. The maximum Gasteiger partial charge on any atom is 0.330 e. The standard InChI is InChI=1S/C13H15IN2O5/c1-7(17)16-10(13(20)21-11(14)12(15)19)6-8-2-4-9(18)5-3-8/h2-5,10-11,18H,6H2,1H3,(H2,15,19)(H,16,17)/t10-,11?/m0/s1. The lowest BCUT2D eigenvalue weighted by Gasteiger charge is -2.18. The van der Waals surface area contributed by atoms with Gasteiger partial charge in [0.2, 0.25) is 10.0 Å². The summed E-state index contributed by atoms with van der Waals surface area (Å²) in [6.45, 7) is 1.27. The van der Waals surface area contributed by atoms with E-state index < -0.39 is 27.9 Å². The molecule has 0 aromatic heterocycles. The highest BCUT2D eigenvalue weighted by molar-refractivity contribution is 14.1. The molecule has 0 radical (unpaired) electrons. The van der Waals surface area contributed by atoms with E-state index in [4.69, 9.17) is 10.5 Å². The first kappa shape index (κ1) is 17.2. The first-order valence-electron chi connectivity index (χ1n) is 5.98. The van der Waals surface area contributed by atoms with Crippen molar-refractivity contribution in [1.29, 1.82) is 0 Å². The molecule has 2 amide bonds. The number of phenols is 1. The number of hydrogen-bond donors (Lipinski definition) is 3. The molecule has 21 heavy (non-hydrogen) atoms. The summed E-state index contributed by atoms with van der Waals surface area (Å²) in [4.78, 5) is 34.0. The number of benzene rings is 1. The Labute approximate surface area is 135 Å². The number of esters is 1. The van der Waals surface area contributed by atoms with Crippen molar-refractivity contribution < 1.29 is 24.2 Å². The summed E-state index contributed by atoms with van der Waals surface area (Å²) >= 11 is 1.59. The number of halogens is 1. The SMILES string of the molecule is CC(=O)N[C@@H](Cc1ccc(O)cc1)C(=O)OC(I)C(N)=O. The molecule has 0 spiro atoms. The van der Waals surface area contributed by atoms with Gasteiger partial charge < -0.3 is 20.9 Å². The molecular weight excluding hydrogens is 391 g/mol. The number of ether oxygens (including phenoxy) is 1. The molecule has 8 heteroatoms. The first-order valence-corrected chi connectivity index (χ1v) is 7.23. The number of rotatable bonds is 6. The topological polar surface area (TPSA) is 119 Å². The highest BCUT2D eigenvalue weighted by atomic mass is 127. The number of alkyl halides is 1. The minimum atomic E-state index is -1.11. The quantitative estimate of drug-likeness (QED) is 0.355. The van der Waals surface area contributed by atoms with Crippen molar-refractivity contribution in [3.05, 3.63) is 29.8 Å². The molecule has 7 nitrogen and oxygen atoms in total. The van der Waals surface area contributed by atoms with Gasteiger partial charge in [-0.15, -0.1) is 0 Å². The molecular formula is C13H15IN2O5. The second-order valence-corrected chi connectivity index (χ2v) is 5.41. The molecule has 0 aliphatic heterocycles. The molecule has 1 rings (SSSR count). The minimum absolute atomic E-state index is 0.0958. The molecule has 0 aliphatic carbocycles. The van der Waals surface area contributed by atoms with Gasteiger partial charge >= 0.3 is 5.97 Å². The largest absolute Gasteiger partial charge is 0.508 e. The van der Waals surface area contributed by atoms with Crippen LogP contribution in [0.2, 0.25) is 0 Å². The number of carbonyl (C=O) groups is 3. The van der Waals surface area contributed by atoms with Gasteiger partial charge in [0.25, 0.3) is 5.91 Å². The van der Waals surface area contributed by atoms with E-state index in [1.165, 1.54) is 19.1 Å². The van der Waals surface area contributed by atoms with E-state index in [0.29, 0.717) is 5.56 Å². The van der Waals surface area contributed by atoms with Gasteiger partial charge in [0, 0.05) is 13.3 Å². The summed E-state index contributed by atoms with van der Waals surface area (Å²) in [5, 5.41) is 11.7. The Morgan fingerprint density at radius 2 is 1.90 bits per heavy atom. The number of carbonyl (C=O) groups excluding carboxylic acids is 3. The molecule has 1 unspecified atom stereocenters. The van der Waals surface area contributed by atoms with Crippen LogP contribution in [0.1, 0.15) is 12.5 Å². The van der Waals surface area contributed by atoms with Crippen molar-refractivity contribution in [2.45, 2.75) is 23.5 Å². The summed E-state index contributed by atoms with van der Waals surface area (Å²) in [7, 11) is 0.